The molecule has 0 rings (SSSR count). The Morgan fingerprint density at radius 2 is 0.460 bits per heavy atom. The zero-order valence-corrected chi connectivity index (χ0v) is 43.4. The van der Waals surface area contributed by atoms with Crippen LogP contribution in [0.2, 0.25) is 0 Å². The molecule has 0 aliphatic carbocycles. The van der Waals surface area contributed by atoms with Gasteiger partial charge in [-0.25, -0.2) is 0 Å². The molecule has 0 amide bonds. The molecular weight excluding hydrogens is 781 g/mol. The number of ether oxygens (including phenoxy) is 3. The van der Waals surface area contributed by atoms with Crippen LogP contribution in [0, 0.1) is 17.8 Å². The molecule has 0 heterocycles. The van der Waals surface area contributed by atoms with Crippen molar-refractivity contribution in [3.05, 3.63) is 0 Å². The standard InChI is InChI=1S/C57H110O6/c1-51(2)43-37-31-25-19-13-9-7-8-10-16-24-30-36-42-48-57(60)63-54(50-62-56(59)47-41-35-29-23-18-17-21-27-33-39-45-53(5)6)49-61-55(58)46-40-34-28-22-15-12-11-14-20-26-32-38-44-52(3)4/h51-54H,7-50H2,1-6H3/t54-/m0/s1. The molecule has 6 nitrogen and oxygen atoms in total. The van der Waals surface area contributed by atoms with Crippen molar-refractivity contribution >= 4 is 17.9 Å². The van der Waals surface area contributed by atoms with Crippen LogP contribution in [0.15, 0.2) is 0 Å². The van der Waals surface area contributed by atoms with Gasteiger partial charge in [0.2, 0.25) is 0 Å². The lowest BCUT2D eigenvalue weighted by Gasteiger charge is -2.18. The summed E-state index contributed by atoms with van der Waals surface area (Å²) in [6.45, 7) is 13.7. The van der Waals surface area contributed by atoms with E-state index < -0.39 is 6.10 Å². The summed E-state index contributed by atoms with van der Waals surface area (Å²) < 4.78 is 16.9. The first kappa shape index (κ1) is 61.4. The Hall–Kier alpha value is -1.59. The average molecular weight is 892 g/mol. The van der Waals surface area contributed by atoms with E-state index in [0.717, 1.165) is 75.5 Å². The van der Waals surface area contributed by atoms with Crippen LogP contribution in [0.5, 0.6) is 0 Å². The van der Waals surface area contributed by atoms with E-state index in [1.807, 2.05) is 0 Å². The molecule has 374 valence electrons. The molecule has 0 aliphatic rings. The highest BCUT2D eigenvalue weighted by Gasteiger charge is 2.19. The van der Waals surface area contributed by atoms with Gasteiger partial charge in [-0.3, -0.25) is 14.4 Å². The molecule has 6 heteroatoms. The molecule has 0 aromatic heterocycles. The summed E-state index contributed by atoms with van der Waals surface area (Å²) in [5.74, 6) is 1.65. The van der Waals surface area contributed by atoms with Gasteiger partial charge < -0.3 is 14.2 Å². The Bertz CT molecular complexity index is 976. The summed E-state index contributed by atoms with van der Waals surface area (Å²) in [6, 6.07) is 0. The van der Waals surface area contributed by atoms with Crippen LogP contribution in [-0.2, 0) is 28.6 Å². The predicted octanol–water partition coefficient (Wildman–Crippen LogP) is 18.3. The van der Waals surface area contributed by atoms with Crippen LogP contribution >= 0.6 is 0 Å². The highest BCUT2D eigenvalue weighted by atomic mass is 16.6. The minimum Gasteiger partial charge on any atom is -0.462 e. The lowest BCUT2D eigenvalue weighted by Crippen LogP contribution is -2.30. The zero-order chi connectivity index (χ0) is 46.3. The fourth-order valence-corrected chi connectivity index (χ4v) is 8.65. The first-order valence-corrected chi connectivity index (χ1v) is 28.1. The van der Waals surface area contributed by atoms with E-state index in [1.165, 1.54) is 193 Å². The molecule has 63 heavy (non-hydrogen) atoms. The van der Waals surface area contributed by atoms with E-state index in [0.29, 0.717) is 19.3 Å². The van der Waals surface area contributed by atoms with E-state index in [1.54, 1.807) is 0 Å². The number of unbranched alkanes of at least 4 members (excludes halogenated alkanes) is 33. The van der Waals surface area contributed by atoms with Crippen molar-refractivity contribution in [1.29, 1.82) is 0 Å². The Labute approximate surface area is 393 Å². The van der Waals surface area contributed by atoms with Crippen molar-refractivity contribution in [2.24, 2.45) is 17.8 Å². The maximum absolute atomic E-state index is 12.8. The summed E-state index contributed by atoms with van der Waals surface area (Å²) in [5.41, 5.74) is 0. The number of carbonyl (C=O) groups excluding carboxylic acids is 3. The monoisotopic (exact) mass is 891 g/mol. The number of hydrogen-bond acceptors (Lipinski definition) is 6. The molecule has 0 bridgehead atoms. The average Bonchev–Trinajstić information content (AvgIpc) is 3.24. The van der Waals surface area contributed by atoms with Gasteiger partial charge in [0.15, 0.2) is 6.10 Å². The van der Waals surface area contributed by atoms with E-state index in [-0.39, 0.29) is 31.1 Å². The van der Waals surface area contributed by atoms with E-state index in [9.17, 15) is 14.4 Å². The van der Waals surface area contributed by atoms with Crippen LogP contribution in [0.1, 0.15) is 311 Å². The largest absolute Gasteiger partial charge is 0.462 e. The van der Waals surface area contributed by atoms with Gasteiger partial charge in [-0.2, -0.15) is 0 Å². The summed E-state index contributed by atoms with van der Waals surface area (Å²) >= 11 is 0. The Morgan fingerprint density at radius 3 is 0.683 bits per heavy atom. The molecule has 0 aliphatic heterocycles. The third-order valence-corrected chi connectivity index (χ3v) is 12.9. The van der Waals surface area contributed by atoms with E-state index in [2.05, 4.69) is 41.5 Å². The van der Waals surface area contributed by atoms with Crippen LogP contribution in [0.3, 0.4) is 0 Å². The molecule has 0 saturated heterocycles. The molecule has 0 unspecified atom stereocenters. The molecule has 0 saturated carbocycles. The summed E-state index contributed by atoms with van der Waals surface area (Å²) in [6.07, 6.45) is 49.5. The minimum atomic E-state index is -0.763. The first-order chi connectivity index (χ1) is 30.6. The molecule has 0 radical (unpaired) electrons. The molecule has 0 N–H and O–H groups in total. The second-order valence-electron chi connectivity index (χ2n) is 21.0. The van der Waals surface area contributed by atoms with Crippen molar-refractivity contribution in [3.8, 4) is 0 Å². The third kappa shape index (κ3) is 51.3. The van der Waals surface area contributed by atoms with Crippen molar-refractivity contribution in [3.63, 3.8) is 0 Å². The highest BCUT2D eigenvalue weighted by Crippen LogP contribution is 2.18. The van der Waals surface area contributed by atoms with Crippen molar-refractivity contribution in [1.82, 2.24) is 0 Å². The second kappa shape index (κ2) is 48.3. The Balaban J connectivity index is 4.31. The van der Waals surface area contributed by atoms with Gasteiger partial charge in [-0.05, 0) is 37.0 Å². The molecule has 0 fully saturated rings. The van der Waals surface area contributed by atoms with Crippen molar-refractivity contribution in [2.45, 2.75) is 317 Å². The van der Waals surface area contributed by atoms with Gasteiger partial charge in [-0.1, -0.05) is 273 Å². The SMILES string of the molecule is CC(C)CCCCCCCCCCCCCCCCC(=O)O[C@@H](COC(=O)CCCCCCCCCCCCCCC(C)C)COC(=O)CCCCCCCCCCCCC(C)C. The van der Waals surface area contributed by atoms with Gasteiger partial charge in [0.25, 0.3) is 0 Å². The van der Waals surface area contributed by atoms with Crippen LogP contribution < -0.4 is 0 Å². The van der Waals surface area contributed by atoms with Crippen LogP contribution in [0.4, 0.5) is 0 Å². The zero-order valence-electron chi connectivity index (χ0n) is 43.4. The summed E-state index contributed by atoms with van der Waals surface area (Å²) in [7, 11) is 0. The van der Waals surface area contributed by atoms with Gasteiger partial charge in [-0.15, -0.1) is 0 Å². The number of hydrogen-bond donors (Lipinski definition) is 0. The van der Waals surface area contributed by atoms with Gasteiger partial charge in [0.05, 0.1) is 0 Å². The first-order valence-electron chi connectivity index (χ1n) is 28.1. The fraction of sp³-hybridized carbons (Fsp3) is 0.947. The molecule has 0 aromatic carbocycles. The summed E-state index contributed by atoms with van der Waals surface area (Å²) in [4.78, 5) is 38.1. The lowest BCUT2D eigenvalue weighted by molar-refractivity contribution is -0.167. The fourth-order valence-electron chi connectivity index (χ4n) is 8.65. The Kier molecular flexibility index (Phi) is 47.1. The number of rotatable bonds is 50. The number of carbonyl (C=O) groups is 3. The normalized spacial score (nSPS) is 12.1. The predicted molar refractivity (Wildman–Crippen MR) is 270 cm³/mol. The molecule has 0 aromatic rings. The second-order valence-corrected chi connectivity index (χ2v) is 21.0. The maximum Gasteiger partial charge on any atom is 0.306 e. The molecule has 0 spiro atoms. The van der Waals surface area contributed by atoms with Crippen molar-refractivity contribution in [2.75, 3.05) is 13.2 Å². The molecule has 1 atom stereocenters. The van der Waals surface area contributed by atoms with Crippen LogP contribution in [-0.4, -0.2) is 37.2 Å². The van der Waals surface area contributed by atoms with Gasteiger partial charge >= 0.3 is 17.9 Å². The van der Waals surface area contributed by atoms with E-state index >= 15 is 0 Å². The van der Waals surface area contributed by atoms with Gasteiger partial charge in [0, 0.05) is 19.3 Å². The quantitative estimate of drug-likeness (QED) is 0.0344. The highest BCUT2D eigenvalue weighted by molar-refractivity contribution is 5.71. The van der Waals surface area contributed by atoms with Gasteiger partial charge in [0.1, 0.15) is 13.2 Å². The minimum absolute atomic E-state index is 0.0639. The van der Waals surface area contributed by atoms with Crippen LogP contribution in [0.25, 0.3) is 0 Å². The lowest BCUT2D eigenvalue weighted by atomic mass is 10.0. The number of esters is 3. The summed E-state index contributed by atoms with van der Waals surface area (Å²) in [5, 5.41) is 0. The molecular formula is C57H110O6. The smallest absolute Gasteiger partial charge is 0.306 e. The topological polar surface area (TPSA) is 78.9 Å². The van der Waals surface area contributed by atoms with E-state index in [4.69, 9.17) is 14.2 Å². The van der Waals surface area contributed by atoms with Crippen molar-refractivity contribution < 1.29 is 28.6 Å². The Morgan fingerprint density at radius 1 is 0.270 bits per heavy atom. The maximum atomic E-state index is 12.8. The third-order valence-electron chi connectivity index (χ3n) is 12.9.